The topological polar surface area (TPSA) is 146 Å². The van der Waals surface area contributed by atoms with E-state index in [1.165, 1.54) is 7.11 Å². The standard InChI is InChI=1S/C44H53N7O5/c1-25(2)27(5)41(52)51-24-44(18-8-20-56-44)22-36(51)39-45-23-34(47-39)29-12-10-28(11-13-29)30-14-16-32-31(21-30)15-17-33-38(32)48-40(46-33)35-9-7-19-50(35)42(53)37(26(3)4)49-43(54)55-6/h10-17,21,23,25-27,35-37H,7-9,18-20,22,24H2,1-6H3,(H,45,47)(H,46,48)(H,49,54)/t27-,35-,36-,37-,44+/m0/s1. The van der Waals surface area contributed by atoms with Crippen LogP contribution in [0.25, 0.3) is 44.2 Å². The predicted molar refractivity (Wildman–Crippen MR) is 215 cm³/mol. The summed E-state index contributed by atoms with van der Waals surface area (Å²) in [6, 6.07) is 18.0. The Hall–Kier alpha value is -5.23. The number of carbonyl (C=O) groups is 3. The fourth-order valence-electron chi connectivity index (χ4n) is 8.86. The number of alkyl carbamates (subject to hydrolysis) is 1. The monoisotopic (exact) mass is 759 g/mol. The fraction of sp³-hybridized carbons (Fsp3) is 0.477. The van der Waals surface area contributed by atoms with Crippen molar-refractivity contribution in [3.63, 3.8) is 0 Å². The third-order valence-corrected chi connectivity index (χ3v) is 12.4. The first-order chi connectivity index (χ1) is 26.9. The molecule has 5 heterocycles. The summed E-state index contributed by atoms with van der Waals surface area (Å²) in [5, 5.41) is 4.86. The zero-order valence-electron chi connectivity index (χ0n) is 33.2. The molecule has 5 atom stereocenters. The third-order valence-electron chi connectivity index (χ3n) is 12.4. The summed E-state index contributed by atoms with van der Waals surface area (Å²) in [5.74, 6) is 1.69. The van der Waals surface area contributed by atoms with Gasteiger partial charge in [-0.1, -0.05) is 77.1 Å². The van der Waals surface area contributed by atoms with Crippen molar-refractivity contribution in [1.82, 2.24) is 35.1 Å². The van der Waals surface area contributed by atoms with Crippen LogP contribution in [0.1, 0.15) is 90.5 Å². The molecule has 56 heavy (non-hydrogen) atoms. The first-order valence-electron chi connectivity index (χ1n) is 20.1. The number of carbonyl (C=O) groups excluding carboxylic acids is 3. The molecule has 3 fully saturated rings. The van der Waals surface area contributed by atoms with Gasteiger partial charge in [-0.2, -0.15) is 0 Å². The molecule has 2 aromatic heterocycles. The number of likely N-dealkylation sites (tertiary alicyclic amines) is 2. The number of amides is 3. The van der Waals surface area contributed by atoms with E-state index in [9.17, 15) is 14.4 Å². The number of benzene rings is 3. The van der Waals surface area contributed by atoms with Crippen molar-refractivity contribution in [3.05, 3.63) is 72.4 Å². The molecular formula is C44H53N7O5. The van der Waals surface area contributed by atoms with E-state index in [1.54, 1.807) is 0 Å². The lowest BCUT2D eigenvalue weighted by atomic mass is 9.96. The van der Waals surface area contributed by atoms with Crippen molar-refractivity contribution < 1.29 is 23.9 Å². The summed E-state index contributed by atoms with van der Waals surface area (Å²) in [6.07, 6.45) is 5.67. The normalized spacial score (nSPS) is 22.2. The van der Waals surface area contributed by atoms with Gasteiger partial charge in [0.25, 0.3) is 0 Å². The van der Waals surface area contributed by atoms with Crippen LogP contribution in [0.3, 0.4) is 0 Å². The van der Waals surface area contributed by atoms with E-state index < -0.39 is 12.1 Å². The number of aromatic amines is 2. The maximum Gasteiger partial charge on any atom is 0.407 e. The summed E-state index contributed by atoms with van der Waals surface area (Å²) in [6.45, 7) is 12.0. The van der Waals surface area contributed by atoms with Gasteiger partial charge in [0.15, 0.2) is 0 Å². The lowest BCUT2D eigenvalue weighted by Gasteiger charge is -2.29. The van der Waals surface area contributed by atoms with E-state index in [-0.39, 0.29) is 47.3 Å². The molecule has 0 radical (unpaired) electrons. The maximum atomic E-state index is 13.7. The van der Waals surface area contributed by atoms with E-state index >= 15 is 0 Å². The van der Waals surface area contributed by atoms with Crippen LogP contribution in [-0.4, -0.2) is 86.1 Å². The Bertz CT molecular complexity index is 2250. The van der Waals surface area contributed by atoms with Gasteiger partial charge >= 0.3 is 6.09 Å². The minimum absolute atomic E-state index is 0.0730. The number of H-pyrrole nitrogens is 2. The van der Waals surface area contributed by atoms with E-state index in [2.05, 4.69) is 77.7 Å². The number of methoxy groups -OCH3 is 1. The molecule has 3 aliphatic rings. The van der Waals surface area contributed by atoms with Crippen LogP contribution >= 0.6 is 0 Å². The molecule has 3 N–H and O–H groups in total. The molecule has 294 valence electrons. The Morgan fingerprint density at radius 1 is 0.875 bits per heavy atom. The van der Waals surface area contributed by atoms with Gasteiger partial charge < -0.3 is 34.6 Å². The van der Waals surface area contributed by atoms with Crippen LogP contribution in [0.2, 0.25) is 0 Å². The van der Waals surface area contributed by atoms with E-state index in [0.29, 0.717) is 13.1 Å². The van der Waals surface area contributed by atoms with Crippen molar-refractivity contribution in [1.29, 1.82) is 0 Å². The second-order valence-corrected chi connectivity index (χ2v) is 16.7. The summed E-state index contributed by atoms with van der Waals surface area (Å²) in [7, 11) is 1.30. The Morgan fingerprint density at radius 2 is 1.64 bits per heavy atom. The molecule has 1 spiro atoms. The average Bonchev–Trinajstić information content (AvgIpc) is 4.06. The first-order valence-corrected chi connectivity index (χ1v) is 20.1. The Labute approximate surface area is 327 Å². The molecule has 3 aliphatic heterocycles. The highest BCUT2D eigenvalue weighted by Gasteiger charge is 2.50. The third kappa shape index (κ3) is 6.93. The van der Waals surface area contributed by atoms with Crippen LogP contribution in [-0.2, 0) is 19.1 Å². The highest BCUT2D eigenvalue weighted by molar-refractivity contribution is 6.05. The molecule has 8 rings (SSSR count). The van der Waals surface area contributed by atoms with E-state index in [1.807, 2.05) is 42.8 Å². The molecule has 0 bridgehead atoms. The minimum atomic E-state index is -0.685. The summed E-state index contributed by atoms with van der Waals surface area (Å²) >= 11 is 0. The van der Waals surface area contributed by atoms with Gasteiger partial charge in [-0.15, -0.1) is 0 Å². The predicted octanol–water partition coefficient (Wildman–Crippen LogP) is 7.93. The maximum absolute atomic E-state index is 13.7. The lowest BCUT2D eigenvalue weighted by Crippen LogP contribution is -2.51. The van der Waals surface area contributed by atoms with Gasteiger partial charge in [-0.25, -0.2) is 14.8 Å². The Kier molecular flexibility index (Phi) is 10.1. The minimum Gasteiger partial charge on any atom is -0.453 e. The van der Waals surface area contributed by atoms with E-state index in [0.717, 1.165) is 94.5 Å². The van der Waals surface area contributed by atoms with Gasteiger partial charge in [0, 0.05) is 30.9 Å². The van der Waals surface area contributed by atoms with Crippen molar-refractivity contribution in [3.8, 4) is 22.4 Å². The quantitative estimate of drug-likeness (QED) is 0.138. The summed E-state index contributed by atoms with van der Waals surface area (Å²) in [4.78, 5) is 60.1. The van der Waals surface area contributed by atoms with Crippen LogP contribution in [0, 0.1) is 17.8 Å². The highest BCUT2D eigenvalue weighted by Crippen LogP contribution is 2.45. The zero-order chi connectivity index (χ0) is 39.3. The van der Waals surface area contributed by atoms with Crippen LogP contribution in [0.5, 0.6) is 0 Å². The molecule has 0 unspecified atom stereocenters. The molecule has 3 amide bonds. The second kappa shape index (κ2) is 15.0. The van der Waals surface area contributed by atoms with Crippen molar-refractivity contribution in [2.45, 2.75) is 90.4 Å². The van der Waals surface area contributed by atoms with Crippen molar-refractivity contribution >= 4 is 39.7 Å². The smallest absolute Gasteiger partial charge is 0.407 e. The molecule has 12 heteroatoms. The number of nitrogens with one attached hydrogen (secondary N) is 3. The van der Waals surface area contributed by atoms with Crippen LogP contribution in [0.4, 0.5) is 4.79 Å². The van der Waals surface area contributed by atoms with Crippen molar-refractivity contribution in [2.75, 3.05) is 26.8 Å². The molecule has 3 aromatic carbocycles. The SMILES string of the molecule is COC(=O)N[C@H](C(=O)N1CCC[C@H]1c1nc2ccc3cc(-c4ccc(-c5cnc([C@@H]6C[C@]7(CCCO7)CN6C(=O)[C@@H](C)C(C)C)[nH]5)cc4)ccc3c2[nH]1)C(C)C. The van der Waals surface area contributed by atoms with Crippen molar-refractivity contribution in [2.24, 2.45) is 17.8 Å². The van der Waals surface area contributed by atoms with Crippen LogP contribution in [0.15, 0.2) is 60.8 Å². The largest absolute Gasteiger partial charge is 0.453 e. The Morgan fingerprint density at radius 3 is 2.36 bits per heavy atom. The molecular weight excluding hydrogens is 707 g/mol. The lowest BCUT2D eigenvalue weighted by molar-refractivity contribution is -0.138. The molecule has 3 saturated heterocycles. The number of aromatic nitrogens is 4. The van der Waals surface area contributed by atoms with Gasteiger partial charge in [-0.3, -0.25) is 9.59 Å². The number of hydrogen-bond donors (Lipinski definition) is 3. The molecule has 0 aliphatic carbocycles. The molecule has 0 saturated carbocycles. The van der Waals surface area contributed by atoms with Crippen LogP contribution < -0.4 is 5.32 Å². The molecule has 5 aromatic rings. The summed E-state index contributed by atoms with van der Waals surface area (Å²) < 4.78 is 11.1. The van der Waals surface area contributed by atoms with Gasteiger partial charge in [-0.05, 0) is 71.7 Å². The fourth-order valence-corrected chi connectivity index (χ4v) is 8.86. The first kappa shape index (κ1) is 37.7. The van der Waals surface area contributed by atoms with E-state index in [4.69, 9.17) is 19.4 Å². The average molecular weight is 760 g/mol. The van der Waals surface area contributed by atoms with Gasteiger partial charge in [0.1, 0.15) is 17.7 Å². The molecule has 12 nitrogen and oxygen atoms in total. The summed E-state index contributed by atoms with van der Waals surface area (Å²) in [5.41, 5.74) is 5.64. The number of hydrogen-bond acceptors (Lipinski definition) is 7. The zero-order valence-corrected chi connectivity index (χ0v) is 33.2. The number of rotatable bonds is 9. The Balaban J connectivity index is 1.00. The highest BCUT2D eigenvalue weighted by atomic mass is 16.5. The van der Waals surface area contributed by atoms with Gasteiger partial charge in [0.05, 0.1) is 54.3 Å². The van der Waals surface area contributed by atoms with Gasteiger partial charge in [0.2, 0.25) is 11.8 Å². The number of fused-ring (bicyclic) bond motifs is 3. The number of nitrogens with zero attached hydrogens (tertiary/aromatic N) is 4. The number of ether oxygens (including phenoxy) is 2. The second-order valence-electron chi connectivity index (χ2n) is 16.7. The number of imidazole rings is 2.